The molecule has 18 heavy (non-hydrogen) atoms. The van der Waals surface area contributed by atoms with E-state index in [1.54, 1.807) is 0 Å². The largest absolute Gasteiger partial charge is 0.394 e. The van der Waals surface area contributed by atoms with E-state index in [2.05, 4.69) is 0 Å². The van der Waals surface area contributed by atoms with E-state index in [-0.39, 0.29) is 30.6 Å². The minimum atomic E-state index is -0.399. The first-order valence-electron chi connectivity index (χ1n) is 6.76. The van der Waals surface area contributed by atoms with E-state index < -0.39 is 5.60 Å². The van der Waals surface area contributed by atoms with Crippen molar-refractivity contribution in [2.45, 2.75) is 50.9 Å². The molecule has 3 N–H and O–H groups in total. The Morgan fingerprint density at radius 3 is 2.78 bits per heavy atom. The van der Waals surface area contributed by atoms with Gasteiger partial charge in [-0.1, -0.05) is 6.42 Å². The molecule has 2 aliphatic rings. The molecular weight excluding hydrogens is 232 g/mol. The normalized spacial score (nSPS) is 35.8. The molecule has 3 unspecified atom stereocenters. The summed E-state index contributed by atoms with van der Waals surface area (Å²) in [6.45, 7) is 4.89. The van der Waals surface area contributed by atoms with Crippen molar-refractivity contribution in [3.8, 4) is 0 Å². The van der Waals surface area contributed by atoms with E-state index in [4.69, 9.17) is 10.5 Å². The van der Waals surface area contributed by atoms with E-state index in [1.807, 2.05) is 18.7 Å². The number of rotatable bonds is 2. The summed E-state index contributed by atoms with van der Waals surface area (Å²) in [6.07, 6.45) is 2.58. The van der Waals surface area contributed by atoms with Crippen molar-refractivity contribution >= 4 is 5.91 Å². The summed E-state index contributed by atoms with van der Waals surface area (Å²) in [5, 5.41) is 9.25. The number of aliphatic hydroxyl groups is 1. The molecule has 1 aliphatic heterocycles. The number of nitrogens with two attached hydrogens (primary N) is 1. The molecule has 3 atom stereocenters. The molecule has 1 saturated carbocycles. The molecule has 1 amide bonds. The summed E-state index contributed by atoms with van der Waals surface area (Å²) in [5.74, 6) is 0.0908. The molecule has 0 bridgehead atoms. The summed E-state index contributed by atoms with van der Waals surface area (Å²) in [6, 6.07) is -0.00367. The molecule has 0 aromatic heterocycles. The van der Waals surface area contributed by atoms with E-state index in [0.29, 0.717) is 13.1 Å². The highest BCUT2D eigenvalue weighted by molar-refractivity contribution is 5.80. The number of ether oxygens (including phenoxy) is 1. The van der Waals surface area contributed by atoms with Gasteiger partial charge in [0.2, 0.25) is 5.91 Å². The van der Waals surface area contributed by atoms with Gasteiger partial charge in [0.1, 0.15) is 0 Å². The number of hydrogen-bond acceptors (Lipinski definition) is 4. The van der Waals surface area contributed by atoms with Gasteiger partial charge in [0.05, 0.1) is 24.2 Å². The Bertz CT molecular complexity index is 319. The van der Waals surface area contributed by atoms with Crippen molar-refractivity contribution < 1.29 is 14.6 Å². The second-order valence-electron chi connectivity index (χ2n) is 6.10. The first-order valence-corrected chi connectivity index (χ1v) is 6.76. The van der Waals surface area contributed by atoms with Gasteiger partial charge in [0, 0.05) is 19.1 Å². The van der Waals surface area contributed by atoms with E-state index in [9.17, 15) is 9.90 Å². The fourth-order valence-electron chi connectivity index (χ4n) is 3.09. The third kappa shape index (κ3) is 2.84. The molecule has 1 aliphatic carbocycles. The zero-order valence-corrected chi connectivity index (χ0v) is 11.3. The third-order valence-corrected chi connectivity index (χ3v) is 3.88. The van der Waals surface area contributed by atoms with Crippen LogP contribution < -0.4 is 5.73 Å². The highest BCUT2D eigenvalue weighted by Crippen LogP contribution is 2.29. The lowest BCUT2D eigenvalue weighted by atomic mass is 9.99. The number of nitrogens with zero attached hydrogens (tertiary/aromatic N) is 1. The molecule has 0 aromatic carbocycles. The van der Waals surface area contributed by atoms with Crippen LogP contribution >= 0.6 is 0 Å². The van der Waals surface area contributed by atoms with Gasteiger partial charge < -0.3 is 20.5 Å². The number of aliphatic hydroxyl groups excluding tert-OH is 1. The van der Waals surface area contributed by atoms with Crippen LogP contribution in [0.25, 0.3) is 0 Å². The Kier molecular flexibility index (Phi) is 3.94. The number of hydrogen-bond donors (Lipinski definition) is 2. The summed E-state index contributed by atoms with van der Waals surface area (Å²) in [4.78, 5) is 14.3. The van der Waals surface area contributed by atoms with Crippen LogP contribution in [0.4, 0.5) is 0 Å². The summed E-state index contributed by atoms with van der Waals surface area (Å²) >= 11 is 0. The maximum Gasteiger partial charge on any atom is 0.227 e. The highest BCUT2D eigenvalue weighted by atomic mass is 16.5. The average molecular weight is 256 g/mol. The van der Waals surface area contributed by atoms with Gasteiger partial charge in [-0.25, -0.2) is 0 Å². The molecule has 1 heterocycles. The van der Waals surface area contributed by atoms with Gasteiger partial charge in [-0.05, 0) is 26.7 Å². The predicted octanol–water partition coefficient (Wildman–Crippen LogP) is 0.112. The third-order valence-electron chi connectivity index (χ3n) is 3.88. The lowest BCUT2D eigenvalue weighted by Gasteiger charge is -2.43. The maximum absolute atomic E-state index is 12.5. The van der Waals surface area contributed by atoms with Crippen LogP contribution in [0.15, 0.2) is 0 Å². The predicted molar refractivity (Wildman–Crippen MR) is 67.9 cm³/mol. The van der Waals surface area contributed by atoms with Crippen molar-refractivity contribution in [1.29, 1.82) is 0 Å². The van der Waals surface area contributed by atoms with Gasteiger partial charge in [-0.2, -0.15) is 0 Å². The van der Waals surface area contributed by atoms with Crippen LogP contribution in [0, 0.1) is 5.92 Å². The van der Waals surface area contributed by atoms with Gasteiger partial charge in [-0.3, -0.25) is 4.79 Å². The molecule has 5 heteroatoms. The molecule has 5 nitrogen and oxygen atoms in total. The monoisotopic (exact) mass is 256 g/mol. The van der Waals surface area contributed by atoms with Crippen LogP contribution in [-0.2, 0) is 9.53 Å². The van der Waals surface area contributed by atoms with E-state index >= 15 is 0 Å². The summed E-state index contributed by atoms with van der Waals surface area (Å²) < 4.78 is 5.72. The van der Waals surface area contributed by atoms with Crippen LogP contribution in [0.1, 0.15) is 33.1 Å². The first-order chi connectivity index (χ1) is 8.43. The van der Waals surface area contributed by atoms with Crippen molar-refractivity contribution in [2.24, 2.45) is 11.7 Å². The minimum absolute atomic E-state index is 0.00367. The van der Waals surface area contributed by atoms with Crippen LogP contribution in [0.5, 0.6) is 0 Å². The number of carbonyl (C=O) groups excluding carboxylic acids is 1. The van der Waals surface area contributed by atoms with Crippen molar-refractivity contribution in [2.75, 3.05) is 19.7 Å². The maximum atomic E-state index is 12.5. The minimum Gasteiger partial charge on any atom is -0.394 e. The lowest BCUT2D eigenvalue weighted by Crippen LogP contribution is -2.57. The van der Waals surface area contributed by atoms with Crippen LogP contribution in [0.3, 0.4) is 0 Å². The zero-order valence-electron chi connectivity index (χ0n) is 11.3. The topological polar surface area (TPSA) is 75.8 Å². The fourth-order valence-corrected chi connectivity index (χ4v) is 3.09. The average Bonchev–Trinajstić information content (AvgIpc) is 2.72. The van der Waals surface area contributed by atoms with Gasteiger partial charge in [-0.15, -0.1) is 0 Å². The second kappa shape index (κ2) is 5.15. The van der Waals surface area contributed by atoms with E-state index in [0.717, 1.165) is 19.3 Å². The van der Waals surface area contributed by atoms with Gasteiger partial charge in [0.25, 0.3) is 0 Å². The van der Waals surface area contributed by atoms with Gasteiger partial charge >= 0.3 is 0 Å². The first kappa shape index (κ1) is 13.8. The highest BCUT2D eigenvalue weighted by Gasteiger charge is 2.40. The SMILES string of the molecule is CC1(C)CN(C(=O)C2CCCC2N)CC(CO)O1. The number of amides is 1. The number of morpholine rings is 1. The molecule has 0 spiro atoms. The van der Waals surface area contributed by atoms with Crippen molar-refractivity contribution in [1.82, 2.24) is 4.90 Å². The Labute approximate surface area is 108 Å². The molecule has 2 rings (SSSR count). The van der Waals surface area contributed by atoms with Gasteiger partial charge in [0.15, 0.2) is 0 Å². The summed E-state index contributed by atoms with van der Waals surface area (Å²) in [7, 11) is 0. The summed E-state index contributed by atoms with van der Waals surface area (Å²) in [5.41, 5.74) is 5.59. The van der Waals surface area contributed by atoms with Crippen molar-refractivity contribution in [3.05, 3.63) is 0 Å². The molecule has 0 radical (unpaired) electrons. The van der Waals surface area contributed by atoms with E-state index in [1.165, 1.54) is 0 Å². The molecule has 104 valence electrons. The Balaban J connectivity index is 2.05. The lowest BCUT2D eigenvalue weighted by molar-refractivity contribution is -0.170. The fraction of sp³-hybridized carbons (Fsp3) is 0.923. The standard InChI is InChI=1S/C13H24N2O3/c1-13(2)8-15(6-9(7-16)18-13)12(17)10-4-3-5-11(10)14/h9-11,16H,3-8,14H2,1-2H3. The van der Waals surface area contributed by atoms with Crippen LogP contribution in [-0.4, -0.2) is 53.4 Å². The molecular formula is C13H24N2O3. The number of carbonyl (C=O) groups is 1. The Hall–Kier alpha value is -0.650. The molecule has 1 saturated heterocycles. The Morgan fingerprint density at radius 2 is 2.22 bits per heavy atom. The van der Waals surface area contributed by atoms with Crippen LogP contribution in [0.2, 0.25) is 0 Å². The zero-order chi connectivity index (χ0) is 13.3. The quantitative estimate of drug-likeness (QED) is 0.735. The van der Waals surface area contributed by atoms with Crippen molar-refractivity contribution in [3.63, 3.8) is 0 Å². The Morgan fingerprint density at radius 1 is 1.50 bits per heavy atom. The molecule has 2 fully saturated rings. The smallest absolute Gasteiger partial charge is 0.227 e. The molecule has 0 aromatic rings. The second-order valence-corrected chi connectivity index (χ2v) is 6.10.